The van der Waals surface area contributed by atoms with Crippen molar-refractivity contribution < 1.29 is 0 Å². The second kappa shape index (κ2) is 7.89. The van der Waals surface area contributed by atoms with Crippen LogP contribution in [0.3, 0.4) is 0 Å². The quantitative estimate of drug-likeness (QED) is 0.284. The van der Waals surface area contributed by atoms with Gasteiger partial charge in [0.25, 0.3) is 0 Å². The molecule has 5 aromatic rings. The summed E-state index contributed by atoms with van der Waals surface area (Å²) >= 11 is 0. The van der Waals surface area contributed by atoms with Crippen molar-refractivity contribution in [2.24, 2.45) is 0 Å². The number of hydrogen-bond acceptors (Lipinski definition) is 2. The highest BCUT2D eigenvalue weighted by Gasteiger charge is 2.33. The first kappa shape index (κ1) is 19.7. The molecule has 0 bridgehead atoms. The Morgan fingerprint density at radius 1 is 0.471 bits per heavy atom. The minimum absolute atomic E-state index is 0.433. The molecule has 0 unspecified atom stereocenters. The maximum absolute atomic E-state index is 10.4. The van der Waals surface area contributed by atoms with Crippen molar-refractivity contribution in [3.05, 3.63) is 143 Å². The van der Waals surface area contributed by atoms with Crippen LogP contribution in [0.2, 0.25) is 0 Å². The molecule has 0 N–H and O–H groups in total. The fourth-order valence-corrected chi connectivity index (χ4v) is 5.17. The molecule has 0 fully saturated rings. The molecular weight excluding hydrogens is 412 g/mol. The standard InChI is InChI=1S/C32H18N2/c33-19-27-23-15-7-8-16-24(23)30-25-17-9-10-18-26(25)31(32(30)28(27)20-34)29(21-11-3-1-4-12-21)22-13-5-2-6-14-22/h1-18H. The fraction of sp³-hybridized carbons (Fsp3) is 0. The van der Waals surface area contributed by atoms with E-state index in [2.05, 4.69) is 54.6 Å². The van der Waals surface area contributed by atoms with Crippen molar-refractivity contribution in [2.45, 2.75) is 0 Å². The summed E-state index contributed by atoms with van der Waals surface area (Å²) in [7, 11) is 0. The Balaban J connectivity index is 1.90. The van der Waals surface area contributed by atoms with Crippen LogP contribution in [0.15, 0.2) is 109 Å². The van der Waals surface area contributed by atoms with Crippen molar-refractivity contribution in [3.8, 4) is 23.3 Å². The second-order valence-electron chi connectivity index (χ2n) is 8.30. The molecule has 6 rings (SSSR count). The van der Waals surface area contributed by atoms with E-state index in [4.69, 9.17) is 0 Å². The lowest BCUT2D eigenvalue weighted by molar-refractivity contribution is 1.44. The van der Waals surface area contributed by atoms with Gasteiger partial charge >= 0.3 is 0 Å². The molecule has 2 heteroatoms. The van der Waals surface area contributed by atoms with Gasteiger partial charge in [0.05, 0.1) is 11.1 Å². The van der Waals surface area contributed by atoms with E-state index in [0.29, 0.717) is 11.1 Å². The van der Waals surface area contributed by atoms with Crippen LogP contribution in [-0.4, -0.2) is 0 Å². The zero-order chi connectivity index (χ0) is 23.1. The zero-order valence-electron chi connectivity index (χ0n) is 18.3. The lowest BCUT2D eigenvalue weighted by Crippen LogP contribution is -1.99. The monoisotopic (exact) mass is 430 g/mol. The first-order chi connectivity index (χ1) is 16.8. The normalized spacial score (nSPS) is 11.4. The van der Waals surface area contributed by atoms with Crippen molar-refractivity contribution >= 4 is 21.9 Å². The molecule has 0 saturated heterocycles. The third-order valence-electron chi connectivity index (χ3n) is 6.53. The van der Waals surface area contributed by atoms with E-state index in [1.54, 1.807) is 0 Å². The molecule has 0 heterocycles. The van der Waals surface area contributed by atoms with Crippen LogP contribution in [-0.2, 0) is 0 Å². The molecule has 0 spiro atoms. The van der Waals surface area contributed by atoms with Gasteiger partial charge in [0.1, 0.15) is 12.1 Å². The van der Waals surface area contributed by atoms with Gasteiger partial charge in [-0.2, -0.15) is 10.5 Å². The van der Waals surface area contributed by atoms with E-state index >= 15 is 0 Å². The molecule has 1 aliphatic carbocycles. The van der Waals surface area contributed by atoms with E-state index < -0.39 is 0 Å². The molecule has 0 amide bonds. The molecule has 1 aliphatic rings. The molecule has 0 aliphatic heterocycles. The summed E-state index contributed by atoms with van der Waals surface area (Å²) in [6, 6.07) is 41.6. The number of hydrogen-bond donors (Lipinski definition) is 0. The van der Waals surface area contributed by atoms with Gasteiger partial charge in [0, 0.05) is 10.9 Å². The Bertz CT molecular complexity index is 1650. The Morgan fingerprint density at radius 2 is 0.971 bits per heavy atom. The van der Waals surface area contributed by atoms with E-state index in [1.165, 1.54) is 0 Å². The van der Waals surface area contributed by atoms with Gasteiger partial charge in [-0.1, -0.05) is 109 Å². The van der Waals surface area contributed by atoms with Gasteiger partial charge in [-0.25, -0.2) is 0 Å². The lowest BCUT2D eigenvalue weighted by atomic mass is 9.84. The van der Waals surface area contributed by atoms with Gasteiger partial charge in [0.2, 0.25) is 0 Å². The molecule has 0 radical (unpaired) electrons. The predicted octanol–water partition coefficient (Wildman–Crippen LogP) is 7.57. The van der Waals surface area contributed by atoms with Crippen LogP contribution in [0.25, 0.3) is 33.0 Å². The molecule has 0 atom stereocenters. The smallest absolute Gasteiger partial charge is 0.101 e. The van der Waals surface area contributed by atoms with Gasteiger partial charge in [-0.05, 0) is 44.3 Å². The van der Waals surface area contributed by atoms with Crippen molar-refractivity contribution in [1.82, 2.24) is 0 Å². The summed E-state index contributed by atoms with van der Waals surface area (Å²) in [5.74, 6) is 0. The Morgan fingerprint density at radius 3 is 1.56 bits per heavy atom. The van der Waals surface area contributed by atoms with Crippen LogP contribution < -0.4 is 0 Å². The summed E-state index contributed by atoms with van der Waals surface area (Å²) in [6.45, 7) is 0. The van der Waals surface area contributed by atoms with E-state index in [0.717, 1.165) is 55.3 Å². The molecule has 156 valence electrons. The Hall–Kier alpha value is -4.92. The molecule has 0 saturated carbocycles. The number of nitrogens with zero attached hydrogens (tertiary/aromatic N) is 2. The number of rotatable bonds is 2. The van der Waals surface area contributed by atoms with Gasteiger partial charge in [-0.3, -0.25) is 0 Å². The molecule has 0 aromatic heterocycles. The molecular formula is C32H18N2. The Labute approximate surface area is 198 Å². The third-order valence-corrected chi connectivity index (χ3v) is 6.53. The summed E-state index contributed by atoms with van der Waals surface area (Å²) < 4.78 is 0. The van der Waals surface area contributed by atoms with Crippen LogP contribution >= 0.6 is 0 Å². The minimum Gasteiger partial charge on any atom is -0.192 e. The maximum atomic E-state index is 10.4. The van der Waals surface area contributed by atoms with Crippen LogP contribution in [0, 0.1) is 22.7 Å². The molecule has 2 nitrogen and oxygen atoms in total. The first-order valence-corrected chi connectivity index (χ1v) is 11.2. The lowest BCUT2D eigenvalue weighted by Gasteiger charge is -2.17. The largest absolute Gasteiger partial charge is 0.192 e. The van der Waals surface area contributed by atoms with Gasteiger partial charge < -0.3 is 0 Å². The van der Waals surface area contributed by atoms with Crippen LogP contribution in [0.1, 0.15) is 33.4 Å². The van der Waals surface area contributed by atoms with Gasteiger partial charge in [-0.15, -0.1) is 0 Å². The summed E-state index contributed by atoms with van der Waals surface area (Å²) in [5.41, 5.74) is 9.12. The van der Waals surface area contributed by atoms with E-state index in [1.807, 2.05) is 66.7 Å². The highest BCUT2D eigenvalue weighted by atomic mass is 14.4. The molecule has 5 aromatic carbocycles. The average molecular weight is 431 g/mol. The van der Waals surface area contributed by atoms with Crippen LogP contribution in [0.5, 0.6) is 0 Å². The topological polar surface area (TPSA) is 47.6 Å². The first-order valence-electron chi connectivity index (χ1n) is 11.2. The minimum atomic E-state index is 0.433. The maximum Gasteiger partial charge on any atom is 0.101 e. The fourth-order valence-electron chi connectivity index (χ4n) is 5.17. The Kier molecular flexibility index (Phi) is 4.58. The highest BCUT2D eigenvalue weighted by Crippen LogP contribution is 2.53. The zero-order valence-corrected chi connectivity index (χ0v) is 18.3. The SMILES string of the molecule is N#Cc1c2c(c3ccccc3c1C#N)-c1ccccc1C2=C(c1ccccc1)c1ccccc1. The van der Waals surface area contributed by atoms with E-state index in [9.17, 15) is 10.5 Å². The summed E-state index contributed by atoms with van der Waals surface area (Å²) in [5, 5.41) is 22.3. The van der Waals surface area contributed by atoms with Crippen molar-refractivity contribution in [1.29, 1.82) is 10.5 Å². The third kappa shape index (κ3) is 2.80. The molecule has 34 heavy (non-hydrogen) atoms. The summed E-state index contributed by atoms with van der Waals surface area (Å²) in [6.07, 6.45) is 0. The highest BCUT2D eigenvalue weighted by molar-refractivity contribution is 6.20. The summed E-state index contributed by atoms with van der Waals surface area (Å²) in [4.78, 5) is 0. The van der Waals surface area contributed by atoms with Crippen molar-refractivity contribution in [2.75, 3.05) is 0 Å². The second-order valence-corrected chi connectivity index (χ2v) is 8.30. The number of benzene rings is 5. The average Bonchev–Trinajstić information content (AvgIpc) is 3.24. The van der Waals surface area contributed by atoms with Crippen molar-refractivity contribution in [3.63, 3.8) is 0 Å². The predicted molar refractivity (Wildman–Crippen MR) is 137 cm³/mol. The number of fused-ring (bicyclic) bond motifs is 5. The van der Waals surface area contributed by atoms with Crippen LogP contribution in [0.4, 0.5) is 0 Å². The van der Waals surface area contributed by atoms with Gasteiger partial charge in [0.15, 0.2) is 0 Å². The number of nitriles is 2. The van der Waals surface area contributed by atoms with E-state index in [-0.39, 0.29) is 0 Å².